The molecule has 0 spiro atoms. The van der Waals surface area contributed by atoms with Gasteiger partial charge in [-0.15, -0.1) is 0 Å². The van der Waals surface area contributed by atoms with Crippen molar-refractivity contribution in [3.63, 3.8) is 0 Å². The van der Waals surface area contributed by atoms with E-state index in [1.165, 1.54) is 24.4 Å². The van der Waals surface area contributed by atoms with Crippen LogP contribution in [0, 0.1) is 12.7 Å². The minimum Gasteiger partial charge on any atom is -0.479 e. The lowest BCUT2D eigenvalue weighted by molar-refractivity contribution is -0.139. The van der Waals surface area contributed by atoms with Crippen molar-refractivity contribution in [3.05, 3.63) is 53.1 Å². The highest BCUT2D eigenvalue weighted by atomic mass is 19.1. The molecule has 7 heteroatoms. The van der Waals surface area contributed by atoms with Gasteiger partial charge in [0.15, 0.2) is 6.04 Å². The van der Waals surface area contributed by atoms with E-state index in [0.29, 0.717) is 17.8 Å². The highest BCUT2D eigenvalue weighted by molar-refractivity contribution is 5.97. The lowest BCUT2D eigenvalue weighted by atomic mass is 10.1. The molecule has 1 aromatic heterocycles. The molecule has 0 aliphatic carbocycles. The van der Waals surface area contributed by atoms with E-state index in [-0.39, 0.29) is 5.56 Å². The number of carboxylic acids is 1. The lowest BCUT2D eigenvalue weighted by Crippen LogP contribution is -2.34. The Morgan fingerprint density at radius 1 is 1.43 bits per heavy atom. The maximum absolute atomic E-state index is 13.3. The van der Waals surface area contributed by atoms with E-state index in [9.17, 15) is 19.1 Å². The van der Waals surface area contributed by atoms with Crippen LogP contribution in [0.1, 0.15) is 41.0 Å². The van der Waals surface area contributed by atoms with E-state index in [4.69, 9.17) is 0 Å². The van der Waals surface area contributed by atoms with Gasteiger partial charge < -0.3 is 10.4 Å². The van der Waals surface area contributed by atoms with Gasteiger partial charge in [-0.1, -0.05) is 19.1 Å². The molecular weight excluding hydrogens is 301 g/mol. The van der Waals surface area contributed by atoms with Crippen LogP contribution in [-0.2, 0) is 11.3 Å². The molecule has 6 nitrogen and oxygen atoms in total. The van der Waals surface area contributed by atoms with Gasteiger partial charge >= 0.3 is 5.97 Å². The maximum atomic E-state index is 13.3. The van der Waals surface area contributed by atoms with Gasteiger partial charge in [0.25, 0.3) is 5.91 Å². The van der Waals surface area contributed by atoms with Crippen LogP contribution in [0.2, 0.25) is 0 Å². The zero-order valence-corrected chi connectivity index (χ0v) is 12.9. The normalized spacial score (nSPS) is 12.0. The fourth-order valence-electron chi connectivity index (χ4n) is 2.29. The number of aromatic nitrogens is 2. The molecule has 1 aromatic carbocycles. The number of carboxylic acid groups (broad SMARTS) is 1. The number of aryl methyl sites for hydroxylation is 1. The largest absolute Gasteiger partial charge is 0.479 e. The first-order valence-corrected chi connectivity index (χ1v) is 7.25. The van der Waals surface area contributed by atoms with Crippen molar-refractivity contribution in [2.24, 2.45) is 0 Å². The Morgan fingerprint density at radius 2 is 2.17 bits per heavy atom. The summed E-state index contributed by atoms with van der Waals surface area (Å²) in [5, 5.41) is 15.8. The van der Waals surface area contributed by atoms with Crippen LogP contribution in [0.4, 0.5) is 4.39 Å². The van der Waals surface area contributed by atoms with Crippen LogP contribution in [-0.4, -0.2) is 26.8 Å². The van der Waals surface area contributed by atoms with Crippen molar-refractivity contribution in [1.29, 1.82) is 0 Å². The van der Waals surface area contributed by atoms with Gasteiger partial charge in [0.05, 0.1) is 11.8 Å². The van der Waals surface area contributed by atoms with Crippen molar-refractivity contribution >= 4 is 11.9 Å². The number of hydrogen-bond acceptors (Lipinski definition) is 3. The van der Waals surface area contributed by atoms with Gasteiger partial charge in [-0.05, 0) is 31.0 Å². The van der Waals surface area contributed by atoms with Crippen molar-refractivity contribution in [3.8, 4) is 0 Å². The van der Waals surface area contributed by atoms with E-state index in [1.807, 2.05) is 6.92 Å². The zero-order valence-electron chi connectivity index (χ0n) is 12.9. The Morgan fingerprint density at radius 3 is 2.78 bits per heavy atom. The second-order valence-electron chi connectivity index (χ2n) is 5.17. The smallest absolute Gasteiger partial charge is 0.330 e. The quantitative estimate of drug-likeness (QED) is 0.855. The summed E-state index contributed by atoms with van der Waals surface area (Å²) < 4.78 is 15.0. The molecule has 23 heavy (non-hydrogen) atoms. The Bertz CT molecular complexity index is 727. The number of nitrogens with one attached hydrogen (secondary N) is 1. The highest BCUT2D eigenvalue weighted by Crippen LogP contribution is 2.16. The molecule has 2 N–H and O–H groups in total. The summed E-state index contributed by atoms with van der Waals surface area (Å²) in [6.45, 7) is 4.41. The highest BCUT2D eigenvalue weighted by Gasteiger charge is 2.24. The van der Waals surface area contributed by atoms with Gasteiger partial charge in [-0.25, -0.2) is 9.18 Å². The maximum Gasteiger partial charge on any atom is 0.330 e. The van der Waals surface area contributed by atoms with Crippen LogP contribution in [0.3, 0.4) is 0 Å². The molecule has 1 atom stereocenters. The van der Waals surface area contributed by atoms with Gasteiger partial charge in [-0.2, -0.15) is 5.10 Å². The molecule has 2 aromatic rings. The number of hydrogen-bond donors (Lipinski definition) is 2. The molecule has 0 saturated heterocycles. The topological polar surface area (TPSA) is 84.2 Å². The van der Waals surface area contributed by atoms with Gasteiger partial charge in [-0.3, -0.25) is 9.48 Å². The molecular formula is C16H18FN3O3. The number of rotatable bonds is 6. The first-order chi connectivity index (χ1) is 10.9. The second kappa shape index (κ2) is 7.04. The summed E-state index contributed by atoms with van der Waals surface area (Å²) in [6, 6.07) is 3.83. The third kappa shape index (κ3) is 3.74. The number of carbonyl (C=O) groups excluding carboxylic acids is 1. The Hall–Kier alpha value is -2.70. The molecule has 0 saturated carbocycles. The summed E-state index contributed by atoms with van der Waals surface area (Å²) in [6.07, 6.45) is 2.27. The minimum absolute atomic E-state index is 0.171. The van der Waals surface area contributed by atoms with E-state index >= 15 is 0 Å². The Balaban J connectivity index is 2.24. The SMILES string of the molecule is CCCn1ncc(C(=O)NC(C(=O)O)c2cccc(F)c2)c1C. The van der Waals surface area contributed by atoms with E-state index in [0.717, 1.165) is 12.5 Å². The lowest BCUT2D eigenvalue weighted by Gasteiger charge is -2.15. The summed E-state index contributed by atoms with van der Waals surface area (Å²) in [5.74, 6) is -2.38. The third-order valence-corrected chi connectivity index (χ3v) is 3.49. The Kier molecular flexibility index (Phi) is 5.10. The molecule has 0 radical (unpaired) electrons. The average Bonchev–Trinajstić information content (AvgIpc) is 2.86. The number of aliphatic carboxylic acids is 1. The fourth-order valence-corrected chi connectivity index (χ4v) is 2.29. The first kappa shape index (κ1) is 16.7. The van der Waals surface area contributed by atoms with Crippen molar-refractivity contribution in [2.75, 3.05) is 0 Å². The summed E-state index contributed by atoms with van der Waals surface area (Å²) in [4.78, 5) is 23.7. The third-order valence-electron chi connectivity index (χ3n) is 3.49. The van der Waals surface area contributed by atoms with Crippen LogP contribution in [0.5, 0.6) is 0 Å². The summed E-state index contributed by atoms with van der Waals surface area (Å²) in [5.41, 5.74) is 1.14. The van der Waals surface area contributed by atoms with Crippen LogP contribution in [0.25, 0.3) is 0 Å². The molecule has 1 amide bonds. The minimum atomic E-state index is -1.33. The standard InChI is InChI=1S/C16H18FN3O3/c1-3-7-20-10(2)13(9-18-20)15(21)19-14(16(22)23)11-5-4-6-12(17)8-11/h4-6,8-9,14H,3,7H2,1-2H3,(H,19,21)(H,22,23). The number of benzene rings is 1. The number of nitrogens with zero attached hydrogens (tertiary/aromatic N) is 2. The monoisotopic (exact) mass is 319 g/mol. The molecule has 0 bridgehead atoms. The van der Waals surface area contributed by atoms with E-state index < -0.39 is 23.7 Å². The summed E-state index contributed by atoms with van der Waals surface area (Å²) in [7, 11) is 0. The summed E-state index contributed by atoms with van der Waals surface area (Å²) >= 11 is 0. The fraction of sp³-hybridized carbons (Fsp3) is 0.312. The van der Waals surface area contributed by atoms with E-state index in [2.05, 4.69) is 10.4 Å². The first-order valence-electron chi connectivity index (χ1n) is 7.25. The van der Waals surface area contributed by atoms with Gasteiger partial charge in [0.2, 0.25) is 0 Å². The molecule has 0 aliphatic heterocycles. The zero-order chi connectivity index (χ0) is 17.0. The Labute approximate surface area is 132 Å². The van der Waals surface area contributed by atoms with Crippen molar-refractivity contribution in [2.45, 2.75) is 32.9 Å². The van der Waals surface area contributed by atoms with E-state index in [1.54, 1.807) is 11.6 Å². The predicted octanol–water partition coefficient (Wildman–Crippen LogP) is 2.30. The molecule has 1 heterocycles. The molecule has 0 aliphatic rings. The van der Waals surface area contributed by atoms with Crippen LogP contribution >= 0.6 is 0 Å². The van der Waals surface area contributed by atoms with Gasteiger partial charge in [0, 0.05) is 12.2 Å². The molecule has 2 rings (SSSR count). The average molecular weight is 319 g/mol. The van der Waals surface area contributed by atoms with Gasteiger partial charge in [0.1, 0.15) is 5.82 Å². The molecule has 1 unspecified atom stereocenters. The molecule has 0 fully saturated rings. The van der Waals surface area contributed by atoms with Crippen LogP contribution < -0.4 is 5.32 Å². The van der Waals surface area contributed by atoms with Crippen LogP contribution in [0.15, 0.2) is 30.5 Å². The second-order valence-corrected chi connectivity index (χ2v) is 5.17. The van der Waals surface area contributed by atoms with Crippen molar-refractivity contribution < 1.29 is 19.1 Å². The van der Waals surface area contributed by atoms with Crippen molar-refractivity contribution in [1.82, 2.24) is 15.1 Å². The number of carbonyl (C=O) groups is 2. The molecule has 122 valence electrons. The number of amides is 1. The predicted molar refractivity (Wildman–Crippen MR) is 81.5 cm³/mol. The number of halogens is 1.